The summed E-state index contributed by atoms with van der Waals surface area (Å²) in [5.41, 5.74) is 5.14. The number of benzene rings is 1. The Balaban J connectivity index is 2.71. The van der Waals surface area contributed by atoms with Gasteiger partial charge in [0.1, 0.15) is 0 Å². The topological polar surface area (TPSA) is 92.4 Å². The van der Waals surface area contributed by atoms with E-state index in [1.807, 2.05) is 0 Å². The molecule has 0 saturated carbocycles. The van der Waals surface area contributed by atoms with Crippen LogP contribution in [0.25, 0.3) is 0 Å². The summed E-state index contributed by atoms with van der Waals surface area (Å²) in [5, 5.41) is 11.2. The fourth-order valence-corrected chi connectivity index (χ4v) is 0.976. The van der Waals surface area contributed by atoms with Crippen molar-refractivity contribution in [2.45, 2.75) is 6.10 Å². The SMILES string of the molecule is NC(=O)NC(=O)[C@@H](O)c1ccccc1. The van der Waals surface area contributed by atoms with E-state index in [1.165, 1.54) is 0 Å². The van der Waals surface area contributed by atoms with Gasteiger partial charge in [-0.15, -0.1) is 0 Å². The van der Waals surface area contributed by atoms with Crippen molar-refractivity contribution in [2.75, 3.05) is 0 Å². The lowest BCUT2D eigenvalue weighted by Gasteiger charge is -2.08. The van der Waals surface area contributed by atoms with E-state index in [-0.39, 0.29) is 0 Å². The highest BCUT2D eigenvalue weighted by molar-refractivity contribution is 5.96. The molecule has 0 unspecified atom stereocenters. The van der Waals surface area contributed by atoms with Gasteiger partial charge in [-0.1, -0.05) is 30.3 Å². The van der Waals surface area contributed by atoms with E-state index in [4.69, 9.17) is 5.73 Å². The standard InChI is InChI=1S/C9H10N2O3/c10-9(14)11-8(13)7(12)6-4-2-1-3-5-6/h1-5,7,12H,(H3,10,11,13,14)/t7-/m0/s1. The number of amides is 3. The number of hydrogen-bond acceptors (Lipinski definition) is 3. The molecule has 4 N–H and O–H groups in total. The first-order valence-electron chi connectivity index (χ1n) is 3.94. The molecule has 0 bridgehead atoms. The van der Waals surface area contributed by atoms with E-state index in [2.05, 4.69) is 0 Å². The molecule has 1 aromatic carbocycles. The second-order valence-corrected chi connectivity index (χ2v) is 2.67. The summed E-state index contributed by atoms with van der Waals surface area (Å²) in [7, 11) is 0. The molecule has 0 aliphatic heterocycles. The molecule has 0 fully saturated rings. The third kappa shape index (κ3) is 2.56. The highest BCUT2D eigenvalue weighted by Crippen LogP contribution is 2.11. The average molecular weight is 194 g/mol. The van der Waals surface area contributed by atoms with Crippen molar-refractivity contribution in [2.24, 2.45) is 5.73 Å². The van der Waals surface area contributed by atoms with Gasteiger partial charge < -0.3 is 10.8 Å². The van der Waals surface area contributed by atoms with Crippen LogP contribution in [0, 0.1) is 0 Å². The molecule has 0 spiro atoms. The van der Waals surface area contributed by atoms with Crippen LogP contribution < -0.4 is 11.1 Å². The lowest BCUT2D eigenvalue weighted by molar-refractivity contribution is -0.128. The van der Waals surface area contributed by atoms with Crippen LogP contribution in [0.15, 0.2) is 30.3 Å². The number of aliphatic hydroxyl groups is 1. The van der Waals surface area contributed by atoms with Gasteiger partial charge in [0.15, 0.2) is 6.10 Å². The third-order valence-electron chi connectivity index (χ3n) is 1.61. The molecule has 0 aliphatic rings. The highest BCUT2D eigenvalue weighted by atomic mass is 16.3. The predicted molar refractivity (Wildman–Crippen MR) is 49.1 cm³/mol. The van der Waals surface area contributed by atoms with Crippen LogP contribution in [0.1, 0.15) is 11.7 Å². The molecule has 14 heavy (non-hydrogen) atoms. The van der Waals surface area contributed by atoms with Crippen molar-refractivity contribution in [3.8, 4) is 0 Å². The van der Waals surface area contributed by atoms with Crippen LogP contribution in [0.5, 0.6) is 0 Å². The first kappa shape index (κ1) is 10.2. The summed E-state index contributed by atoms with van der Waals surface area (Å²) in [4.78, 5) is 21.4. The average Bonchev–Trinajstić information content (AvgIpc) is 2.17. The van der Waals surface area contributed by atoms with Gasteiger partial charge in [0.05, 0.1) is 0 Å². The van der Waals surface area contributed by atoms with Crippen molar-refractivity contribution in [3.63, 3.8) is 0 Å². The molecular formula is C9H10N2O3. The number of nitrogens with one attached hydrogen (secondary N) is 1. The van der Waals surface area contributed by atoms with Gasteiger partial charge in [-0.2, -0.15) is 0 Å². The summed E-state index contributed by atoms with van der Waals surface area (Å²) in [6.45, 7) is 0. The van der Waals surface area contributed by atoms with E-state index in [9.17, 15) is 14.7 Å². The molecule has 1 rings (SSSR count). The fourth-order valence-electron chi connectivity index (χ4n) is 0.976. The Bertz CT molecular complexity index is 337. The van der Waals surface area contributed by atoms with Crippen molar-refractivity contribution in [3.05, 3.63) is 35.9 Å². The quantitative estimate of drug-likeness (QED) is 0.614. The molecule has 74 valence electrons. The molecule has 0 saturated heterocycles. The Labute approximate surface area is 80.5 Å². The largest absolute Gasteiger partial charge is 0.378 e. The van der Waals surface area contributed by atoms with Crippen LogP contribution in [0.3, 0.4) is 0 Å². The van der Waals surface area contributed by atoms with Crippen LogP contribution in [0.4, 0.5) is 4.79 Å². The molecule has 3 amide bonds. The second kappa shape index (κ2) is 4.38. The molecule has 5 nitrogen and oxygen atoms in total. The first-order valence-corrected chi connectivity index (χ1v) is 3.94. The smallest absolute Gasteiger partial charge is 0.318 e. The monoisotopic (exact) mass is 194 g/mol. The van der Waals surface area contributed by atoms with Gasteiger partial charge in [0, 0.05) is 0 Å². The number of carbonyl (C=O) groups excluding carboxylic acids is 2. The third-order valence-corrected chi connectivity index (χ3v) is 1.61. The second-order valence-electron chi connectivity index (χ2n) is 2.67. The molecule has 0 radical (unpaired) electrons. The van der Waals surface area contributed by atoms with E-state index in [1.54, 1.807) is 35.6 Å². The maximum absolute atomic E-state index is 11.1. The Morgan fingerprint density at radius 2 is 1.86 bits per heavy atom. The van der Waals surface area contributed by atoms with Gasteiger partial charge in [-0.05, 0) is 5.56 Å². The zero-order valence-corrected chi connectivity index (χ0v) is 7.31. The van der Waals surface area contributed by atoms with Crippen molar-refractivity contribution in [1.82, 2.24) is 5.32 Å². The summed E-state index contributed by atoms with van der Waals surface area (Å²) in [6, 6.07) is 7.27. The van der Waals surface area contributed by atoms with E-state index >= 15 is 0 Å². The van der Waals surface area contributed by atoms with Crippen molar-refractivity contribution < 1.29 is 14.7 Å². The maximum atomic E-state index is 11.1. The van der Waals surface area contributed by atoms with Crippen LogP contribution in [-0.4, -0.2) is 17.0 Å². The molecule has 0 aliphatic carbocycles. The lowest BCUT2D eigenvalue weighted by Crippen LogP contribution is -2.38. The summed E-state index contributed by atoms with van der Waals surface area (Å²) < 4.78 is 0. The van der Waals surface area contributed by atoms with Gasteiger partial charge in [0.2, 0.25) is 0 Å². The fraction of sp³-hybridized carbons (Fsp3) is 0.111. The minimum Gasteiger partial charge on any atom is -0.378 e. The van der Waals surface area contributed by atoms with Gasteiger partial charge in [0.25, 0.3) is 5.91 Å². The number of aliphatic hydroxyl groups excluding tert-OH is 1. The van der Waals surface area contributed by atoms with E-state index in [0.717, 1.165) is 0 Å². The molecule has 5 heteroatoms. The minimum atomic E-state index is -1.37. The zero-order valence-electron chi connectivity index (χ0n) is 7.31. The Morgan fingerprint density at radius 1 is 1.29 bits per heavy atom. The van der Waals surface area contributed by atoms with Crippen LogP contribution >= 0.6 is 0 Å². The van der Waals surface area contributed by atoms with Crippen LogP contribution in [-0.2, 0) is 4.79 Å². The van der Waals surface area contributed by atoms with Gasteiger partial charge >= 0.3 is 6.03 Å². The number of urea groups is 1. The molecule has 0 aromatic heterocycles. The summed E-state index contributed by atoms with van der Waals surface area (Å²) in [5.74, 6) is -0.830. The molecular weight excluding hydrogens is 184 g/mol. The summed E-state index contributed by atoms with van der Waals surface area (Å²) in [6.07, 6.45) is -1.37. The normalized spacial score (nSPS) is 11.8. The highest BCUT2D eigenvalue weighted by Gasteiger charge is 2.17. The summed E-state index contributed by atoms with van der Waals surface area (Å²) >= 11 is 0. The van der Waals surface area contributed by atoms with Crippen LogP contribution in [0.2, 0.25) is 0 Å². The van der Waals surface area contributed by atoms with Gasteiger partial charge in [-0.3, -0.25) is 10.1 Å². The Morgan fingerprint density at radius 3 is 2.36 bits per heavy atom. The first-order chi connectivity index (χ1) is 6.61. The Hall–Kier alpha value is -1.88. The Kier molecular flexibility index (Phi) is 3.19. The number of primary amides is 1. The van der Waals surface area contributed by atoms with E-state index in [0.29, 0.717) is 5.56 Å². The molecule has 1 atom stereocenters. The minimum absolute atomic E-state index is 0.409. The number of carbonyl (C=O) groups is 2. The van der Waals surface area contributed by atoms with Crippen molar-refractivity contribution in [1.29, 1.82) is 0 Å². The number of imide groups is 1. The number of hydrogen-bond donors (Lipinski definition) is 3. The van der Waals surface area contributed by atoms with E-state index < -0.39 is 18.0 Å². The lowest BCUT2D eigenvalue weighted by atomic mass is 10.1. The number of nitrogens with two attached hydrogens (primary N) is 1. The zero-order chi connectivity index (χ0) is 10.6. The molecule has 1 aromatic rings. The van der Waals surface area contributed by atoms with Gasteiger partial charge in [-0.25, -0.2) is 4.79 Å². The van der Waals surface area contributed by atoms with Crippen molar-refractivity contribution >= 4 is 11.9 Å². The molecule has 0 heterocycles. The maximum Gasteiger partial charge on any atom is 0.318 e. The number of rotatable bonds is 2. The predicted octanol–water partition coefficient (Wildman–Crippen LogP) is -0.0851.